The van der Waals surface area contributed by atoms with Crippen molar-refractivity contribution in [1.29, 1.82) is 0 Å². The highest BCUT2D eigenvalue weighted by atomic mass is 16.5. The fraction of sp³-hybridized carbons (Fsp3) is 0.923. The first-order chi connectivity index (χ1) is 7.38. The molecule has 16 heavy (non-hydrogen) atoms. The van der Waals surface area contributed by atoms with Gasteiger partial charge in [0.15, 0.2) is 0 Å². The summed E-state index contributed by atoms with van der Waals surface area (Å²) in [7, 11) is 2.13. The first-order valence-corrected chi connectivity index (χ1v) is 6.24. The summed E-state index contributed by atoms with van der Waals surface area (Å²) in [6.07, 6.45) is 3.56. The number of Topliss-reactive ketones (excluding diaryl/α,β-unsaturated/α-hetero) is 1. The Labute approximate surface area is 99.1 Å². The van der Waals surface area contributed by atoms with E-state index < -0.39 is 0 Å². The lowest BCUT2D eigenvalue weighted by atomic mass is 9.93. The molecule has 1 rings (SSSR count). The van der Waals surface area contributed by atoms with Crippen molar-refractivity contribution in [2.24, 2.45) is 0 Å². The minimum atomic E-state index is -0.0522. The standard InChI is InChI=1S/C13H25NO2/c1-13(2,3)16-10-9-14(4)11-5-7-12(15)8-6-11/h11H,5-10H2,1-4H3. The van der Waals surface area contributed by atoms with Gasteiger partial charge in [-0.2, -0.15) is 0 Å². The molecule has 0 aromatic heterocycles. The minimum Gasteiger partial charge on any atom is -0.375 e. The van der Waals surface area contributed by atoms with Crippen molar-refractivity contribution >= 4 is 5.78 Å². The molecule has 0 atom stereocenters. The van der Waals surface area contributed by atoms with Gasteiger partial charge >= 0.3 is 0 Å². The Morgan fingerprint density at radius 1 is 1.31 bits per heavy atom. The molecule has 0 heterocycles. The van der Waals surface area contributed by atoms with Gasteiger partial charge in [-0.25, -0.2) is 0 Å². The van der Waals surface area contributed by atoms with E-state index in [0.717, 1.165) is 38.8 Å². The van der Waals surface area contributed by atoms with Crippen molar-refractivity contribution in [1.82, 2.24) is 4.90 Å². The minimum absolute atomic E-state index is 0.0522. The first kappa shape index (κ1) is 13.7. The largest absolute Gasteiger partial charge is 0.375 e. The molecule has 0 spiro atoms. The molecule has 3 nitrogen and oxygen atoms in total. The van der Waals surface area contributed by atoms with Crippen molar-refractivity contribution < 1.29 is 9.53 Å². The highest BCUT2D eigenvalue weighted by Crippen LogP contribution is 2.19. The maximum absolute atomic E-state index is 11.1. The van der Waals surface area contributed by atoms with Crippen LogP contribution in [0.3, 0.4) is 0 Å². The first-order valence-electron chi connectivity index (χ1n) is 6.24. The third-order valence-corrected chi connectivity index (χ3v) is 3.12. The summed E-state index contributed by atoms with van der Waals surface area (Å²) in [5, 5.41) is 0. The highest BCUT2D eigenvalue weighted by Gasteiger charge is 2.22. The molecular formula is C13H25NO2. The van der Waals surface area contributed by atoms with Gasteiger partial charge in [-0.3, -0.25) is 4.79 Å². The predicted octanol–water partition coefficient (Wildman–Crippen LogP) is 2.25. The van der Waals surface area contributed by atoms with E-state index in [1.165, 1.54) is 0 Å². The topological polar surface area (TPSA) is 29.5 Å². The van der Waals surface area contributed by atoms with Crippen LogP contribution in [0.15, 0.2) is 0 Å². The summed E-state index contributed by atoms with van der Waals surface area (Å²) in [6, 6.07) is 0.571. The molecule has 1 fully saturated rings. The van der Waals surface area contributed by atoms with Crippen LogP contribution in [0.4, 0.5) is 0 Å². The maximum Gasteiger partial charge on any atom is 0.133 e. The molecule has 0 amide bonds. The second kappa shape index (κ2) is 5.78. The van der Waals surface area contributed by atoms with Gasteiger partial charge < -0.3 is 9.64 Å². The van der Waals surface area contributed by atoms with Crippen molar-refractivity contribution in [3.05, 3.63) is 0 Å². The van der Waals surface area contributed by atoms with Crippen LogP contribution < -0.4 is 0 Å². The third kappa shape index (κ3) is 5.08. The molecule has 0 saturated heterocycles. The monoisotopic (exact) mass is 227 g/mol. The smallest absolute Gasteiger partial charge is 0.133 e. The maximum atomic E-state index is 11.1. The Kier molecular flexibility index (Phi) is 4.93. The Balaban J connectivity index is 2.20. The van der Waals surface area contributed by atoms with Crippen LogP contribution in [-0.4, -0.2) is 42.5 Å². The average molecular weight is 227 g/mol. The normalized spacial score (nSPS) is 19.4. The zero-order valence-electron chi connectivity index (χ0n) is 11.1. The van der Waals surface area contributed by atoms with Gasteiger partial charge in [-0.05, 0) is 40.7 Å². The van der Waals surface area contributed by atoms with Crippen LogP contribution in [0.5, 0.6) is 0 Å². The lowest BCUT2D eigenvalue weighted by molar-refractivity contribution is -0.121. The summed E-state index contributed by atoms with van der Waals surface area (Å²) < 4.78 is 5.70. The lowest BCUT2D eigenvalue weighted by Gasteiger charge is -2.31. The SMILES string of the molecule is CN(CCOC(C)(C)C)C1CCC(=O)CC1. The predicted molar refractivity (Wildman–Crippen MR) is 65.6 cm³/mol. The van der Waals surface area contributed by atoms with Gasteiger partial charge in [-0.15, -0.1) is 0 Å². The summed E-state index contributed by atoms with van der Waals surface area (Å²) in [5.41, 5.74) is -0.0522. The second-order valence-electron chi connectivity index (χ2n) is 5.71. The molecule has 1 aliphatic rings. The molecule has 0 aromatic carbocycles. The number of hydrogen-bond donors (Lipinski definition) is 0. The Morgan fingerprint density at radius 2 is 1.88 bits per heavy atom. The van der Waals surface area contributed by atoms with E-state index >= 15 is 0 Å². The Morgan fingerprint density at radius 3 is 2.38 bits per heavy atom. The van der Waals surface area contributed by atoms with E-state index in [1.54, 1.807) is 0 Å². The number of hydrogen-bond acceptors (Lipinski definition) is 3. The molecule has 1 saturated carbocycles. The molecule has 1 aliphatic carbocycles. The van der Waals surface area contributed by atoms with Crippen LogP contribution in [0.25, 0.3) is 0 Å². The summed E-state index contributed by atoms with van der Waals surface area (Å²) in [5.74, 6) is 0.426. The number of rotatable bonds is 4. The van der Waals surface area contributed by atoms with E-state index in [-0.39, 0.29) is 5.60 Å². The molecule has 0 radical (unpaired) electrons. The number of ether oxygens (including phenoxy) is 1. The molecule has 0 N–H and O–H groups in total. The summed E-state index contributed by atoms with van der Waals surface area (Å²) >= 11 is 0. The van der Waals surface area contributed by atoms with Crippen molar-refractivity contribution in [2.45, 2.75) is 58.1 Å². The zero-order chi connectivity index (χ0) is 12.2. The van der Waals surface area contributed by atoms with E-state index in [9.17, 15) is 4.79 Å². The molecule has 0 aliphatic heterocycles. The second-order valence-corrected chi connectivity index (χ2v) is 5.71. The number of nitrogens with zero attached hydrogens (tertiary/aromatic N) is 1. The Bertz CT molecular complexity index is 223. The molecular weight excluding hydrogens is 202 g/mol. The van der Waals surface area contributed by atoms with Gasteiger partial charge in [0.2, 0.25) is 0 Å². The van der Waals surface area contributed by atoms with Gasteiger partial charge in [-0.1, -0.05) is 0 Å². The molecule has 0 unspecified atom stereocenters. The molecule has 0 aromatic rings. The van der Waals surface area contributed by atoms with Crippen LogP contribution >= 0.6 is 0 Å². The van der Waals surface area contributed by atoms with Crippen LogP contribution in [0.2, 0.25) is 0 Å². The molecule has 3 heteroatoms. The number of carbonyl (C=O) groups excluding carboxylic acids is 1. The van der Waals surface area contributed by atoms with Crippen LogP contribution in [0, 0.1) is 0 Å². The van der Waals surface area contributed by atoms with Crippen molar-refractivity contribution in [3.63, 3.8) is 0 Å². The average Bonchev–Trinajstić information content (AvgIpc) is 2.16. The summed E-state index contributed by atoms with van der Waals surface area (Å²) in [4.78, 5) is 13.5. The number of likely N-dealkylation sites (N-methyl/N-ethyl adjacent to an activating group) is 1. The van der Waals surface area contributed by atoms with Gasteiger partial charge in [0.1, 0.15) is 5.78 Å². The van der Waals surface area contributed by atoms with E-state index in [1.807, 2.05) is 0 Å². The van der Waals surface area contributed by atoms with E-state index in [2.05, 4.69) is 32.7 Å². The van der Waals surface area contributed by atoms with Gasteiger partial charge in [0.25, 0.3) is 0 Å². The van der Waals surface area contributed by atoms with E-state index in [4.69, 9.17) is 4.74 Å². The zero-order valence-corrected chi connectivity index (χ0v) is 11.1. The number of carbonyl (C=O) groups is 1. The van der Waals surface area contributed by atoms with E-state index in [0.29, 0.717) is 11.8 Å². The highest BCUT2D eigenvalue weighted by molar-refractivity contribution is 5.79. The van der Waals surface area contributed by atoms with Crippen LogP contribution in [0.1, 0.15) is 46.5 Å². The van der Waals surface area contributed by atoms with Crippen molar-refractivity contribution in [3.8, 4) is 0 Å². The molecule has 94 valence electrons. The fourth-order valence-corrected chi connectivity index (χ4v) is 2.04. The Hall–Kier alpha value is -0.410. The van der Waals surface area contributed by atoms with Crippen molar-refractivity contribution in [2.75, 3.05) is 20.2 Å². The quantitative estimate of drug-likeness (QED) is 0.737. The lowest BCUT2D eigenvalue weighted by Crippen LogP contribution is -2.38. The van der Waals surface area contributed by atoms with Gasteiger partial charge in [0, 0.05) is 25.4 Å². The third-order valence-electron chi connectivity index (χ3n) is 3.12. The van der Waals surface area contributed by atoms with Crippen LogP contribution in [-0.2, 0) is 9.53 Å². The summed E-state index contributed by atoms with van der Waals surface area (Å²) in [6.45, 7) is 7.95. The van der Waals surface area contributed by atoms with Gasteiger partial charge in [0.05, 0.1) is 12.2 Å². The molecule has 0 bridgehead atoms. The fourth-order valence-electron chi connectivity index (χ4n) is 2.04. The number of ketones is 1.